The summed E-state index contributed by atoms with van der Waals surface area (Å²) in [6, 6.07) is 3.07. The van der Waals surface area contributed by atoms with Crippen molar-refractivity contribution >= 4 is 29.9 Å². The molecular formula is C16H26F3IN4O. The van der Waals surface area contributed by atoms with Gasteiger partial charge in [0, 0.05) is 25.4 Å². The highest BCUT2D eigenvalue weighted by Crippen LogP contribution is 2.17. The summed E-state index contributed by atoms with van der Waals surface area (Å²) in [6.07, 6.45) is 0.498. The average molecular weight is 474 g/mol. The second-order valence-electron chi connectivity index (χ2n) is 5.24. The molecule has 2 N–H and O–H groups in total. The zero-order valence-electron chi connectivity index (χ0n) is 14.5. The molecule has 0 atom stereocenters. The molecule has 0 spiro atoms. The van der Waals surface area contributed by atoms with Gasteiger partial charge in [0.25, 0.3) is 0 Å². The normalized spacial score (nSPS) is 11.6. The number of halogens is 4. The van der Waals surface area contributed by atoms with E-state index in [4.69, 9.17) is 0 Å². The smallest absolute Gasteiger partial charge is 0.422 e. The van der Waals surface area contributed by atoms with E-state index < -0.39 is 12.8 Å². The number of ether oxygens (including phenoxy) is 1. The number of nitrogens with zero attached hydrogens (tertiary/aromatic N) is 2. The van der Waals surface area contributed by atoms with E-state index in [-0.39, 0.29) is 29.9 Å². The molecule has 0 saturated heterocycles. The van der Waals surface area contributed by atoms with Crippen LogP contribution in [0.1, 0.15) is 38.7 Å². The van der Waals surface area contributed by atoms with Crippen LogP contribution in [-0.2, 0) is 6.54 Å². The Morgan fingerprint density at radius 2 is 1.96 bits per heavy atom. The minimum atomic E-state index is -4.37. The van der Waals surface area contributed by atoms with Crippen LogP contribution in [0, 0.1) is 0 Å². The summed E-state index contributed by atoms with van der Waals surface area (Å²) in [4.78, 5) is 8.29. The summed E-state index contributed by atoms with van der Waals surface area (Å²) in [6.45, 7) is 4.77. The molecule has 1 rings (SSSR count). The quantitative estimate of drug-likeness (QED) is 0.247. The predicted octanol–water partition coefficient (Wildman–Crippen LogP) is 3.89. The van der Waals surface area contributed by atoms with Crippen LogP contribution in [-0.4, -0.2) is 36.8 Å². The maximum absolute atomic E-state index is 12.1. The van der Waals surface area contributed by atoms with Crippen molar-refractivity contribution in [2.75, 3.05) is 19.7 Å². The van der Waals surface area contributed by atoms with Gasteiger partial charge in [-0.05, 0) is 18.9 Å². The third-order valence-corrected chi connectivity index (χ3v) is 3.02. The first-order valence-electron chi connectivity index (χ1n) is 8.11. The van der Waals surface area contributed by atoms with E-state index in [0.29, 0.717) is 12.5 Å². The van der Waals surface area contributed by atoms with Crippen molar-refractivity contribution in [3.63, 3.8) is 0 Å². The number of hydrogen-bond donors (Lipinski definition) is 2. The molecule has 0 aliphatic rings. The van der Waals surface area contributed by atoms with Crippen LogP contribution in [0.25, 0.3) is 0 Å². The van der Waals surface area contributed by atoms with Crippen molar-refractivity contribution < 1.29 is 17.9 Å². The van der Waals surface area contributed by atoms with E-state index in [1.54, 1.807) is 6.07 Å². The number of unbranched alkanes of at least 4 members (excludes halogenated alkanes) is 2. The van der Waals surface area contributed by atoms with Crippen molar-refractivity contribution in [3.05, 3.63) is 23.9 Å². The maximum atomic E-state index is 12.1. The lowest BCUT2D eigenvalue weighted by Gasteiger charge is -2.11. The summed E-state index contributed by atoms with van der Waals surface area (Å²) in [5, 5.41) is 6.39. The molecule has 0 aromatic carbocycles. The Balaban J connectivity index is 0.00000576. The summed E-state index contributed by atoms with van der Waals surface area (Å²) in [5.74, 6) is 0.663. The van der Waals surface area contributed by atoms with Crippen LogP contribution in [0.15, 0.2) is 23.3 Å². The molecule has 0 aliphatic carbocycles. The first kappa shape index (κ1) is 23.7. The number of nitrogens with one attached hydrogen (secondary N) is 2. The molecular weight excluding hydrogens is 448 g/mol. The van der Waals surface area contributed by atoms with E-state index in [9.17, 15) is 13.2 Å². The van der Waals surface area contributed by atoms with Crippen molar-refractivity contribution in [2.24, 2.45) is 4.99 Å². The number of alkyl halides is 3. The zero-order valence-corrected chi connectivity index (χ0v) is 16.9. The molecule has 1 aromatic rings. The molecule has 9 heteroatoms. The van der Waals surface area contributed by atoms with Crippen molar-refractivity contribution in [1.82, 2.24) is 15.6 Å². The van der Waals surface area contributed by atoms with Gasteiger partial charge >= 0.3 is 6.18 Å². The highest BCUT2D eigenvalue weighted by molar-refractivity contribution is 14.0. The number of pyridine rings is 1. The van der Waals surface area contributed by atoms with Gasteiger partial charge in [-0.2, -0.15) is 13.2 Å². The van der Waals surface area contributed by atoms with Gasteiger partial charge in [0.15, 0.2) is 12.6 Å². The molecule has 0 radical (unpaired) electrons. The lowest BCUT2D eigenvalue weighted by molar-refractivity contribution is -0.154. The largest absolute Gasteiger partial charge is 0.468 e. The van der Waals surface area contributed by atoms with E-state index in [1.165, 1.54) is 12.3 Å². The van der Waals surface area contributed by atoms with Crippen molar-refractivity contribution in [3.8, 4) is 5.88 Å². The minimum Gasteiger partial charge on any atom is -0.468 e. The van der Waals surface area contributed by atoms with E-state index in [0.717, 1.165) is 37.9 Å². The lowest BCUT2D eigenvalue weighted by atomic mass is 10.2. The second-order valence-corrected chi connectivity index (χ2v) is 5.24. The van der Waals surface area contributed by atoms with Crippen molar-refractivity contribution in [1.29, 1.82) is 0 Å². The topological polar surface area (TPSA) is 58.5 Å². The number of hydrogen-bond acceptors (Lipinski definition) is 3. The Bertz CT molecular complexity index is 495. The summed E-state index contributed by atoms with van der Waals surface area (Å²) in [7, 11) is 0. The molecule has 1 aromatic heterocycles. The minimum absolute atomic E-state index is 0. The Labute approximate surface area is 163 Å². The summed E-state index contributed by atoms with van der Waals surface area (Å²) >= 11 is 0. The average Bonchev–Trinajstić information content (AvgIpc) is 2.55. The Morgan fingerprint density at radius 1 is 1.20 bits per heavy atom. The van der Waals surface area contributed by atoms with E-state index in [2.05, 4.69) is 32.3 Å². The number of aromatic nitrogens is 1. The van der Waals surface area contributed by atoms with Gasteiger partial charge in [-0.25, -0.2) is 9.98 Å². The first-order valence-corrected chi connectivity index (χ1v) is 8.11. The number of guanidine groups is 1. The SMILES string of the molecule is CCCCCNC(=NCc1ccc(OCC(F)(F)F)nc1)NCC.I. The molecule has 5 nitrogen and oxygen atoms in total. The van der Waals surface area contributed by atoms with Gasteiger partial charge in [-0.3, -0.25) is 0 Å². The van der Waals surface area contributed by atoms with Crippen LogP contribution >= 0.6 is 24.0 Å². The molecule has 1 heterocycles. The fourth-order valence-electron chi connectivity index (χ4n) is 1.84. The predicted molar refractivity (Wildman–Crippen MR) is 104 cm³/mol. The summed E-state index contributed by atoms with van der Waals surface area (Å²) in [5.41, 5.74) is 0.792. The highest BCUT2D eigenvalue weighted by Gasteiger charge is 2.28. The number of rotatable bonds is 9. The van der Waals surface area contributed by atoms with E-state index in [1.807, 2.05) is 6.92 Å². The molecule has 0 fully saturated rings. The maximum Gasteiger partial charge on any atom is 0.422 e. The van der Waals surface area contributed by atoms with Gasteiger partial charge in [-0.1, -0.05) is 25.8 Å². The first-order chi connectivity index (χ1) is 11.4. The fraction of sp³-hybridized carbons (Fsp3) is 0.625. The zero-order chi connectivity index (χ0) is 17.8. The Kier molecular flexibility index (Phi) is 12.4. The van der Waals surface area contributed by atoms with Gasteiger partial charge in [0.05, 0.1) is 6.54 Å². The van der Waals surface area contributed by atoms with Gasteiger partial charge in [0.2, 0.25) is 5.88 Å². The van der Waals surface area contributed by atoms with Gasteiger partial charge in [0.1, 0.15) is 0 Å². The molecule has 144 valence electrons. The molecule has 0 aliphatic heterocycles. The second kappa shape index (κ2) is 13.0. The Morgan fingerprint density at radius 3 is 2.52 bits per heavy atom. The standard InChI is InChI=1S/C16H25F3N4O.HI/c1-3-5-6-9-21-15(20-4-2)23-11-13-7-8-14(22-10-13)24-12-16(17,18)19;/h7-8,10H,3-6,9,11-12H2,1-2H3,(H2,20,21,23);1H. The van der Waals surface area contributed by atoms with Crippen LogP contribution < -0.4 is 15.4 Å². The monoisotopic (exact) mass is 474 g/mol. The van der Waals surface area contributed by atoms with Crippen LogP contribution in [0.4, 0.5) is 13.2 Å². The van der Waals surface area contributed by atoms with Crippen LogP contribution in [0.2, 0.25) is 0 Å². The van der Waals surface area contributed by atoms with Gasteiger partial charge in [-0.15, -0.1) is 24.0 Å². The molecule has 0 bridgehead atoms. The highest BCUT2D eigenvalue weighted by atomic mass is 127. The van der Waals surface area contributed by atoms with Crippen LogP contribution in [0.3, 0.4) is 0 Å². The number of aliphatic imine (C=N–C) groups is 1. The van der Waals surface area contributed by atoms with Gasteiger partial charge < -0.3 is 15.4 Å². The van der Waals surface area contributed by atoms with Crippen LogP contribution in [0.5, 0.6) is 5.88 Å². The van der Waals surface area contributed by atoms with Crippen molar-refractivity contribution in [2.45, 2.75) is 45.8 Å². The molecule has 0 unspecified atom stereocenters. The third kappa shape index (κ3) is 11.8. The molecule has 25 heavy (non-hydrogen) atoms. The molecule has 0 saturated carbocycles. The third-order valence-electron chi connectivity index (χ3n) is 3.02. The summed E-state index contributed by atoms with van der Waals surface area (Å²) < 4.78 is 40.8. The Hall–Kier alpha value is -1.26. The molecule has 0 amide bonds. The fourth-order valence-corrected chi connectivity index (χ4v) is 1.84. The van der Waals surface area contributed by atoms with E-state index >= 15 is 0 Å². The lowest BCUT2D eigenvalue weighted by Crippen LogP contribution is -2.37.